The first-order valence-electron chi connectivity index (χ1n) is 6.59. The predicted octanol–water partition coefficient (Wildman–Crippen LogP) is 1.59. The van der Waals surface area contributed by atoms with E-state index in [1.165, 1.54) is 4.90 Å². The zero-order valence-corrected chi connectivity index (χ0v) is 12.1. The van der Waals surface area contributed by atoms with Crippen molar-refractivity contribution in [3.8, 4) is 0 Å². The van der Waals surface area contributed by atoms with Gasteiger partial charge in [-0.2, -0.15) is 13.2 Å². The molecule has 0 amide bonds. The third-order valence-electron chi connectivity index (χ3n) is 3.93. The molecule has 2 fully saturated rings. The van der Waals surface area contributed by atoms with E-state index in [-0.39, 0.29) is 12.4 Å². The molecule has 1 N–H and O–H groups in total. The second-order valence-corrected chi connectivity index (χ2v) is 5.90. The molecule has 7 heteroatoms. The Labute approximate surface area is 118 Å². The van der Waals surface area contributed by atoms with E-state index in [1.807, 2.05) is 0 Å². The molecule has 114 valence electrons. The van der Waals surface area contributed by atoms with Gasteiger partial charge in [-0.1, -0.05) is 6.92 Å². The Kier molecular flexibility index (Phi) is 5.92. The Hall–Kier alpha value is -0.0400. The number of hydrogen-bond donors (Lipinski definition) is 1. The highest BCUT2D eigenvalue weighted by Crippen LogP contribution is 2.26. The van der Waals surface area contributed by atoms with Gasteiger partial charge in [-0.3, -0.25) is 4.90 Å². The van der Waals surface area contributed by atoms with Gasteiger partial charge in [0.1, 0.15) is 0 Å². The third-order valence-corrected chi connectivity index (χ3v) is 3.93. The maximum Gasteiger partial charge on any atom is 0.401 e. The van der Waals surface area contributed by atoms with Gasteiger partial charge < -0.3 is 10.2 Å². The Balaban J connectivity index is 0.00000180. The van der Waals surface area contributed by atoms with Gasteiger partial charge >= 0.3 is 6.18 Å². The molecule has 2 saturated heterocycles. The van der Waals surface area contributed by atoms with Gasteiger partial charge in [0, 0.05) is 39.3 Å². The van der Waals surface area contributed by atoms with E-state index in [2.05, 4.69) is 17.1 Å². The fraction of sp³-hybridized carbons (Fsp3) is 1.00. The average Bonchev–Trinajstić information content (AvgIpc) is 2.66. The van der Waals surface area contributed by atoms with E-state index in [9.17, 15) is 13.2 Å². The van der Waals surface area contributed by atoms with Crippen LogP contribution in [0.3, 0.4) is 0 Å². The summed E-state index contributed by atoms with van der Waals surface area (Å²) in [4.78, 5) is 3.81. The highest BCUT2D eigenvalue weighted by molar-refractivity contribution is 5.85. The SMILES string of the molecule is CC1(CN2CCN(CC(F)(F)F)CC2)CCNC1.Cl. The van der Waals surface area contributed by atoms with Crippen molar-refractivity contribution in [2.24, 2.45) is 5.41 Å². The quantitative estimate of drug-likeness (QED) is 0.854. The number of hydrogen-bond acceptors (Lipinski definition) is 3. The van der Waals surface area contributed by atoms with Crippen molar-refractivity contribution in [2.75, 3.05) is 52.4 Å². The average molecular weight is 302 g/mol. The number of alkyl halides is 3. The highest BCUT2D eigenvalue weighted by Gasteiger charge is 2.34. The maximum atomic E-state index is 12.3. The second kappa shape index (κ2) is 6.61. The van der Waals surface area contributed by atoms with Gasteiger partial charge in [-0.15, -0.1) is 12.4 Å². The molecular weight excluding hydrogens is 279 g/mol. The molecule has 19 heavy (non-hydrogen) atoms. The van der Waals surface area contributed by atoms with Crippen molar-refractivity contribution in [3.05, 3.63) is 0 Å². The lowest BCUT2D eigenvalue weighted by Gasteiger charge is -2.38. The zero-order valence-electron chi connectivity index (χ0n) is 11.3. The van der Waals surface area contributed by atoms with Gasteiger partial charge in [-0.05, 0) is 18.4 Å². The van der Waals surface area contributed by atoms with E-state index >= 15 is 0 Å². The van der Waals surface area contributed by atoms with Crippen LogP contribution in [0, 0.1) is 5.41 Å². The van der Waals surface area contributed by atoms with Gasteiger partial charge in [-0.25, -0.2) is 0 Å². The molecule has 0 saturated carbocycles. The minimum absolute atomic E-state index is 0. The number of nitrogens with zero attached hydrogens (tertiary/aromatic N) is 2. The van der Waals surface area contributed by atoms with E-state index in [1.54, 1.807) is 0 Å². The monoisotopic (exact) mass is 301 g/mol. The zero-order chi connectivity index (χ0) is 13.2. The number of nitrogens with one attached hydrogen (secondary N) is 1. The molecule has 0 aromatic heterocycles. The molecule has 0 aliphatic carbocycles. The van der Waals surface area contributed by atoms with Gasteiger partial charge in [0.25, 0.3) is 0 Å². The lowest BCUT2D eigenvalue weighted by Crippen LogP contribution is -2.51. The van der Waals surface area contributed by atoms with Crippen LogP contribution in [-0.4, -0.2) is 68.3 Å². The molecule has 1 unspecified atom stereocenters. The van der Waals surface area contributed by atoms with Crippen LogP contribution < -0.4 is 5.32 Å². The Morgan fingerprint density at radius 3 is 2.16 bits per heavy atom. The summed E-state index contributed by atoms with van der Waals surface area (Å²) in [6.07, 6.45) is -2.90. The first-order valence-corrected chi connectivity index (χ1v) is 6.59. The van der Waals surface area contributed by atoms with Crippen molar-refractivity contribution in [1.29, 1.82) is 0 Å². The van der Waals surface area contributed by atoms with Crippen LogP contribution in [-0.2, 0) is 0 Å². The molecule has 2 rings (SSSR count). The van der Waals surface area contributed by atoms with E-state index in [0.29, 0.717) is 18.5 Å². The molecule has 2 heterocycles. The predicted molar refractivity (Wildman–Crippen MR) is 71.8 cm³/mol. The number of piperazine rings is 1. The molecule has 0 bridgehead atoms. The molecule has 0 aromatic carbocycles. The highest BCUT2D eigenvalue weighted by atomic mass is 35.5. The van der Waals surface area contributed by atoms with Gasteiger partial charge in [0.15, 0.2) is 0 Å². The van der Waals surface area contributed by atoms with Crippen LogP contribution in [0.4, 0.5) is 13.2 Å². The standard InChI is InChI=1S/C12H22F3N3.ClH/c1-11(2-3-16-8-11)9-17-4-6-18(7-5-17)10-12(13,14)15;/h16H,2-10H2,1H3;1H. The molecule has 1 atom stereocenters. The fourth-order valence-corrected chi connectivity index (χ4v) is 2.90. The summed E-state index contributed by atoms with van der Waals surface area (Å²) in [5.74, 6) is 0. The van der Waals surface area contributed by atoms with E-state index in [0.717, 1.165) is 39.1 Å². The second-order valence-electron chi connectivity index (χ2n) is 5.90. The Bertz CT molecular complexity index is 272. The van der Waals surface area contributed by atoms with Crippen LogP contribution in [0.15, 0.2) is 0 Å². The summed E-state index contributed by atoms with van der Waals surface area (Å²) in [6.45, 7) is 7.15. The van der Waals surface area contributed by atoms with Crippen molar-refractivity contribution in [3.63, 3.8) is 0 Å². The molecule has 2 aliphatic heterocycles. The summed E-state index contributed by atoms with van der Waals surface area (Å²) < 4.78 is 36.8. The first-order chi connectivity index (χ1) is 8.36. The lowest BCUT2D eigenvalue weighted by molar-refractivity contribution is -0.149. The topological polar surface area (TPSA) is 18.5 Å². The largest absolute Gasteiger partial charge is 0.401 e. The smallest absolute Gasteiger partial charge is 0.316 e. The molecule has 0 spiro atoms. The minimum Gasteiger partial charge on any atom is -0.316 e. The summed E-state index contributed by atoms with van der Waals surface area (Å²) in [5.41, 5.74) is 0.298. The summed E-state index contributed by atoms with van der Waals surface area (Å²) >= 11 is 0. The van der Waals surface area contributed by atoms with Crippen molar-refractivity contribution < 1.29 is 13.2 Å². The van der Waals surface area contributed by atoms with E-state index in [4.69, 9.17) is 0 Å². The fourth-order valence-electron chi connectivity index (χ4n) is 2.90. The van der Waals surface area contributed by atoms with Crippen molar-refractivity contribution in [1.82, 2.24) is 15.1 Å². The lowest BCUT2D eigenvalue weighted by atomic mass is 9.89. The van der Waals surface area contributed by atoms with Crippen LogP contribution >= 0.6 is 12.4 Å². The minimum atomic E-state index is -4.07. The van der Waals surface area contributed by atoms with Crippen LogP contribution in [0.5, 0.6) is 0 Å². The maximum absolute atomic E-state index is 12.3. The molecular formula is C12H23ClF3N3. The van der Waals surface area contributed by atoms with E-state index < -0.39 is 12.7 Å². The van der Waals surface area contributed by atoms with Gasteiger partial charge in [0.2, 0.25) is 0 Å². The van der Waals surface area contributed by atoms with Crippen LogP contribution in [0.1, 0.15) is 13.3 Å². The summed E-state index contributed by atoms with van der Waals surface area (Å²) in [7, 11) is 0. The van der Waals surface area contributed by atoms with Crippen molar-refractivity contribution in [2.45, 2.75) is 19.5 Å². The molecule has 3 nitrogen and oxygen atoms in total. The summed E-state index contributed by atoms with van der Waals surface area (Å²) in [6, 6.07) is 0. The first kappa shape index (κ1) is 17.0. The van der Waals surface area contributed by atoms with Crippen LogP contribution in [0.25, 0.3) is 0 Å². The Morgan fingerprint density at radius 2 is 1.68 bits per heavy atom. The summed E-state index contributed by atoms with van der Waals surface area (Å²) in [5, 5.41) is 3.36. The number of halogens is 4. The molecule has 2 aliphatic rings. The Morgan fingerprint density at radius 1 is 1.11 bits per heavy atom. The van der Waals surface area contributed by atoms with Crippen molar-refractivity contribution >= 4 is 12.4 Å². The molecule has 0 aromatic rings. The number of rotatable bonds is 3. The molecule has 0 radical (unpaired) electrons. The van der Waals surface area contributed by atoms with Crippen LogP contribution in [0.2, 0.25) is 0 Å². The van der Waals surface area contributed by atoms with Gasteiger partial charge in [0.05, 0.1) is 6.54 Å². The third kappa shape index (κ3) is 5.45. The normalized spacial score (nSPS) is 30.3.